The highest BCUT2D eigenvalue weighted by Gasteiger charge is 2.36. The smallest absolute Gasteiger partial charge is 0.251 e. The Morgan fingerprint density at radius 1 is 1.30 bits per heavy atom. The lowest BCUT2D eigenvalue weighted by molar-refractivity contribution is -0.140. The number of nitrogens with zero attached hydrogens (tertiary/aromatic N) is 2. The molecule has 0 aliphatic carbocycles. The highest BCUT2D eigenvalue weighted by molar-refractivity contribution is 5.96. The van der Waals surface area contributed by atoms with Gasteiger partial charge in [-0.1, -0.05) is 13.8 Å². The molecular weight excluding hydrogens is 254 g/mol. The van der Waals surface area contributed by atoms with Crippen LogP contribution < -0.4 is 5.32 Å². The van der Waals surface area contributed by atoms with Crippen molar-refractivity contribution in [3.05, 3.63) is 35.4 Å². The molecule has 1 aliphatic heterocycles. The fourth-order valence-electron chi connectivity index (χ4n) is 2.23. The second kappa shape index (κ2) is 5.33. The van der Waals surface area contributed by atoms with Crippen molar-refractivity contribution in [2.45, 2.75) is 13.8 Å². The van der Waals surface area contributed by atoms with Crippen LogP contribution in [0.2, 0.25) is 0 Å². The van der Waals surface area contributed by atoms with Crippen molar-refractivity contribution in [2.24, 2.45) is 5.41 Å². The van der Waals surface area contributed by atoms with Gasteiger partial charge in [-0.3, -0.25) is 9.59 Å². The number of benzene rings is 1. The molecule has 1 N–H and O–H groups in total. The third-order valence-corrected chi connectivity index (χ3v) is 3.27. The minimum absolute atomic E-state index is 0.00884. The average Bonchev–Trinajstić information content (AvgIpc) is 2.41. The number of hydrogen-bond acceptors (Lipinski definition) is 3. The minimum Gasteiger partial charge on any atom is -0.343 e. The molecule has 104 valence electrons. The van der Waals surface area contributed by atoms with E-state index in [4.69, 9.17) is 5.26 Å². The molecule has 2 amide bonds. The van der Waals surface area contributed by atoms with Gasteiger partial charge in [0.25, 0.3) is 5.91 Å². The number of carbonyl (C=O) groups excluding carboxylic acids is 2. The van der Waals surface area contributed by atoms with Crippen LogP contribution >= 0.6 is 0 Å². The molecule has 1 saturated heterocycles. The Hall–Kier alpha value is -2.35. The molecule has 2 rings (SSSR count). The van der Waals surface area contributed by atoms with Crippen molar-refractivity contribution in [2.75, 3.05) is 19.6 Å². The van der Waals surface area contributed by atoms with E-state index in [0.29, 0.717) is 11.1 Å². The molecule has 1 aromatic carbocycles. The topological polar surface area (TPSA) is 73.2 Å². The summed E-state index contributed by atoms with van der Waals surface area (Å²) in [5, 5.41) is 11.3. The zero-order valence-corrected chi connectivity index (χ0v) is 11.6. The summed E-state index contributed by atoms with van der Waals surface area (Å²) >= 11 is 0. The van der Waals surface area contributed by atoms with E-state index in [1.165, 1.54) is 0 Å². The normalized spacial score (nSPS) is 15.9. The summed E-state index contributed by atoms with van der Waals surface area (Å²) in [6.45, 7) is 5.68. The van der Waals surface area contributed by atoms with E-state index in [1.54, 1.807) is 29.2 Å². The largest absolute Gasteiger partial charge is 0.343 e. The molecule has 1 fully saturated rings. The van der Waals surface area contributed by atoms with Gasteiger partial charge >= 0.3 is 0 Å². The lowest BCUT2D eigenvalue weighted by Crippen LogP contribution is -2.57. The lowest BCUT2D eigenvalue weighted by atomic mass is 9.84. The molecule has 5 heteroatoms. The Kier molecular flexibility index (Phi) is 3.75. The van der Waals surface area contributed by atoms with Crippen LogP contribution in [-0.4, -0.2) is 36.3 Å². The van der Waals surface area contributed by atoms with Crippen LogP contribution in [0.25, 0.3) is 0 Å². The quantitative estimate of drug-likeness (QED) is 0.896. The van der Waals surface area contributed by atoms with Gasteiger partial charge in [0, 0.05) is 18.7 Å². The minimum atomic E-state index is -0.303. The zero-order valence-electron chi connectivity index (χ0n) is 11.6. The van der Waals surface area contributed by atoms with Crippen molar-refractivity contribution in [3.63, 3.8) is 0 Å². The molecule has 0 unspecified atom stereocenters. The molecule has 0 aromatic heterocycles. The Labute approximate surface area is 118 Å². The molecule has 0 atom stereocenters. The van der Waals surface area contributed by atoms with Gasteiger partial charge in [-0.2, -0.15) is 5.26 Å². The Morgan fingerprint density at radius 2 is 1.90 bits per heavy atom. The van der Waals surface area contributed by atoms with Gasteiger partial charge in [-0.05, 0) is 29.7 Å². The van der Waals surface area contributed by atoms with Crippen LogP contribution in [0.3, 0.4) is 0 Å². The van der Waals surface area contributed by atoms with Crippen molar-refractivity contribution in [1.29, 1.82) is 5.26 Å². The van der Waals surface area contributed by atoms with E-state index in [1.807, 2.05) is 6.07 Å². The molecule has 0 radical (unpaired) electrons. The first-order chi connectivity index (χ1) is 9.41. The first-order valence-electron chi connectivity index (χ1n) is 6.47. The van der Waals surface area contributed by atoms with E-state index >= 15 is 0 Å². The monoisotopic (exact) mass is 271 g/mol. The van der Waals surface area contributed by atoms with E-state index in [-0.39, 0.29) is 23.8 Å². The van der Waals surface area contributed by atoms with Crippen LogP contribution in [0.5, 0.6) is 0 Å². The summed E-state index contributed by atoms with van der Waals surface area (Å²) in [7, 11) is 0. The summed E-state index contributed by atoms with van der Waals surface area (Å²) < 4.78 is 0. The number of nitrogens with one attached hydrogen (secondary N) is 1. The Bertz CT molecular complexity index is 562. The summed E-state index contributed by atoms with van der Waals surface area (Å²) in [6.07, 6.45) is 0. The molecular formula is C15H17N3O2. The van der Waals surface area contributed by atoms with Gasteiger partial charge < -0.3 is 10.2 Å². The molecule has 5 nitrogen and oxygen atoms in total. The van der Waals surface area contributed by atoms with Gasteiger partial charge in [0.05, 0.1) is 18.2 Å². The second-order valence-electron chi connectivity index (χ2n) is 5.79. The third kappa shape index (κ3) is 3.15. The van der Waals surface area contributed by atoms with Crippen molar-refractivity contribution in [3.8, 4) is 6.07 Å². The summed E-state index contributed by atoms with van der Waals surface area (Å²) in [4.78, 5) is 25.4. The second-order valence-corrected chi connectivity index (χ2v) is 5.79. The van der Waals surface area contributed by atoms with E-state index in [0.717, 1.165) is 13.1 Å². The van der Waals surface area contributed by atoms with Gasteiger partial charge in [0.2, 0.25) is 5.91 Å². The fraction of sp³-hybridized carbons (Fsp3) is 0.400. The fourth-order valence-corrected chi connectivity index (χ4v) is 2.23. The number of nitriles is 1. The Balaban J connectivity index is 1.83. The zero-order chi connectivity index (χ0) is 14.8. The van der Waals surface area contributed by atoms with Gasteiger partial charge in [0.1, 0.15) is 0 Å². The predicted molar refractivity (Wildman–Crippen MR) is 73.9 cm³/mol. The third-order valence-electron chi connectivity index (χ3n) is 3.27. The molecule has 1 aromatic rings. The standard InChI is InChI=1S/C15H17N3O2/c1-15(2)9-18(10-15)13(19)8-17-14(20)12-5-3-11(7-16)4-6-12/h3-6H,8-10H2,1-2H3,(H,17,20). The first kappa shape index (κ1) is 14.1. The maximum atomic E-state index is 11.8. The van der Waals surface area contributed by atoms with Crippen molar-refractivity contribution < 1.29 is 9.59 Å². The average molecular weight is 271 g/mol. The number of likely N-dealkylation sites (tertiary alicyclic amines) is 1. The summed E-state index contributed by atoms with van der Waals surface area (Å²) in [6, 6.07) is 8.29. The van der Waals surface area contributed by atoms with E-state index < -0.39 is 0 Å². The molecule has 1 heterocycles. The number of rotatable bonds is 3. The lowest BCUT2D eigenvalue weighted by Gasteiger charge is -2.45. The van der Waals surface area contributed by atoms with Gasteiger partial charge in [-0.25, -0.2) is 0 Å². The maximum Gasteiger partial charge on any atom is 0.251 e. The maximum absolute atomic E-state index is 11.8. The molecule has 0 spiro atoms. The van der Waals surface area contributed by atoms with E-state index in [9.17, 15) is 9.59 Å². The highest BCUT2D eigenvalue weighted by Crippen LogP contribution is 2.28. The molecule has 20 heavy (non-hydrogen) atoms. The van der Waals surface area contributed by atoms with Crippen LogP contribution in [0.1, 0.15) is 29.8 Å². The van der Waals surface area contributed by atoms with Crippen LogP contribution in [0.15, 0.2) is 24.3 Å². The predicted octanol–water partition coefficient (Wildman–Crippen LogP) is 1.16. The van der Waals surface area contributed by atoms with Crippen LogP contribution in [-0.2, 0) is 4.79 Å². The summed E-state index contributed by atoms with van der Waals surface area (Å²) in [5.74, 6) is -0.367. The molecule has 0 bridgehead atoms. The van der Waals surface area contributed by atoms with Crippen molar-refractivity contribution >= 4 is 11.8 Å². The number of amides is 2. The summed E-state index contributed by atoms with van der Waals surface area (Å²) in [5.41, 5.74) is 1.13. The van der Waals surface area contributed by atoms with Crippen molar-refractivity contribution in [1.82, 2.24) is 10.2 Å². The number of hydrogen-bond donors (Lipinski definition) is 1. The number of carbonyl (C=O) groups is 2. The van der Waals surface area contributed by atoms with Crippen LogP contribution in [0, 0.1) is 16.7 Å². The van der Waals surface area contributed by atoms with Gasteiger partial charge in [-0.15, -0.1) is 0 Å². The molecule has 1 aliphatic rings. The van der Waals surface area contributed by atoms with Gasteiger partial charge in [0.15, 0.2) is 0 Å². The van der Waals surface area contributed by atoms with E-state index in [2.05, 4.69) is 19.2 Å². The molecule has 0 saturated carbocycles. The highest BCUT2D eigenvalue weighted by atomic mass is 16.2. The first-order valence-corrected chi connectivity index (χ1v) is 6.47. The van der Waals surface area contributed by atoms with Crippen LogP contribution in [0.4, 0.5) is 0 Å². The Morgan fingerprint density at radius 3 is 2.40 bits per heavy atom. The SMILES string of the molecule is CC1(C)CN(C(=O)CNC(=O)c2ccc(C#N)cc2)C1.